The highest BCUT2D eigenvalue weighted by atomic mass is 35.5. The molecule has 1 heterocycles. The minimum Gasteiger partial charge on any atom is -0.496 e. The SMILES string of the molecule is CCC(CO)NC(=O)c1ccc2c(OC)cc(-c3c(Cl)cc(C(F)(F)F)cc3Cl)nc2c1. The highest BCUT2D eigenvalue weighted by molar-refractivity contribution is 6.39. The van der Waals surface area contributed by atoms with Gasteiger partial charge in [0.15, 0.2) is 0 Å². The number of fused-ring (bicyclic) bond motifs is 1. The number of carbonyl (C=O) groups is 1. The summed E-state index contributed by atoms with van der Waals surface area (Å²) in [4.78, 5) is 17.0. The van der Waals surface area contributed by atoms with Crippen molar-refractivity contribution in [2.75, 3.05) is 13.7 Å². The molecule has 0 aliphatic rings. The third-order valence-corrected chi connectivity index (χ3v) is 5.52. The van der Waals surface area contributed by atoms with Crippen LogP contribution in [0.15, 0.2) is 36.4 Å². The van der Waals surface area contributed by atoms with E-state index in [4.69, 9.17) is 27.9 Å². The molecule has 3 rings (SSSR count). The predicted octanol–water partition coefficient (Wildman–Crippen LogP) is 5.74. The average Bonchev–Trinajstić information content (AvgIpc) is 2.75. The molecule has 32 heavy (non-hydrogen) atoms. The van der Waals surface area contributed by atoms with Gasteiger partial charge in [-0.1, -0.05) is 30.1 Å². The summed E-state index contributed by atoms with van der Waals surface area (Å²) in [6.07, 6.45) is -4.05. The van der Waals surface area contributed by atoms with Crippen LogP contribution in [0.3, 0.4) is 0 Å². The van der Waals surface area contributed by atoms with Gasteiger partial charge in [-0.2, -0.15) is 13.2 Å². The van der Waals surface area contributed by atoms with Gasteiger partial charge in [0.05, 0.1) is 46.6 Å². The number of halogens is 5. The number of methoxy groups -OCH3 is 1. The maximum absolute atomic E-state index is 13.1. The van der Waals surface area contributed by atoms with Gasteiger partial charge >= 0.3 is 6.18 Å². The summed E-state index contributed by atoms with van der Waals surface area (Å²) in [7, 11) is 1.43. The van der Waals surface area contributed by atoms with Crippen LogP contribution in [-0.4, -0.2) is 35.8 Å². The number of amides is 1. The van der Waals surface area contributed by atoms with Crippen molar-refractivity contribution in [2.45, 2.75) is 25.6 Å². The Labute approximate surface area is 192 Å². The second-order valence-electron chi connectivity index (χ2n) is 7.02. The zero-order valence-corrected chi connectivity index (χ0v) is 18.6. The summed E-state index contributed by atoms with van der Waals surface area (Å²) >= 11 is 12.3. The molecule has 0 spiro atoms. The maximum atomic E-state index is 13.1. The number of nitrogens with zero attached hydrogens (tertiary/aromatic N) is 1. The number of nitrogens with one attached hydrogen (secondary N) is 1. The number of alkyl halides is 3. The van der Waals surface area contributed by atoms with E-state index in [1.54, 1.807) is 12.1 Å². The molecule has 0 saturated heterocycles. The summed E-state index contributed by atoms with van der Waals surface area (Å²) in [5.74, 6) is -0.0182. The van der Waals surface area contributed by atoms with Crippen LogP contribution >= 0.6 is 23.2 Å². The van der Waals surface area contributed by atoms with E-state index in [0.717, 1.165) is 12.1 Å². The fraction of sp³-hybridized carbons (Fsp3) is 0.273. The van der Waals surface area contributed by atoms with E-state index in [1.165, 1.54) is 19.2 Å². The van der Waals surface area contributed by atoms with Gasteiger partial charge in [0, 0.05) is 22.6 Å². The van der Waals surface area contributed by atoms with Gasteiger partial charge in [0.25, 0.3) is 5.91 Å². The minimum atomic E-state index is -4.60. The largest absolute Gasteiger partial charge is 0.496 e. The van der Waals surface area contributed by atoms with Gasteiger partial charge < -0.3 is 15.2 Å². The molecule has 0 aliphatic carbocycles. The van der Waals surface area contributed by atoms with Gasteiger partial charge in [-0.3, -0.25) is 4.79 Å². The van der Waals surface area contributed by atoms with Crippen LogP contribution in [0.5, 0.6) is 5.75 Å². The summed E-state index contributed by atoms with van der Waals surface area (Å²) < 4.78 is 44.6. The van der Waals surface area contributed by atoms with Crippen LogP contribution in [0, 0.1) is 0 Å². The Kier molecular flexibility index (Phi) is 7.17. The molecular weight excluding hydrogens is 468 g/mol. The normalized spacial score (nSPS) is 12.6. The summed E-state index contributed by atoms with van der Waals surface area (Å²) in [6.45, 7) is 1.63. The highest BCUT2D eigenvalue weighted by Gasteiger charge is 2.32. The number of benzene rings is 2. The van der Waals surface area contributed by atoms with Gasteiger partial charge in [-0.15, -0.1) is 0 Å². The molecule has 2 N–H and O–H groups in total. The third-order valence-electron chi connectivity index (χ3n) is 4.93. The molecule has 1 unspecified atom stereocenters. The van der Waals surface area contributed by atoms with Crippen molar-refractivity contribution in [1.82, 2.24) is 10.3 Å². The van der Waals surface area contributed by atoms with Gasteiger partial charge in [-0.05, 0) is 36.8 Å². The van der Waals surface area contributed by atoms with Gasteiger partial charge in [0.1, 0.15) is 5.75 Å². The van der Waals surface area contributed by atoms with Crippen LogP contribution in [0.2, 0.25) is 10.0 Å². The molecule has 0 bridgehead atoms. The molecular formula is C22H19Cl2F3N2O3. The molecule has 170 valence electrons. The molecule has 2 aromatic carbocycles. The summed E-state index contributed by atoms with van der Waals surface area (Å²) in [5.41, 5.74) is -0.0192. The van der Waals surface area contributed by atoms with E-state index in [-0.39, 0.29) is 27.9 Å². The van der Waals surface area contributed by atoms with Crippen LogP contribution in [0.1, 0.15) is 29.3 Å². The van der Waals surface area contributed by atoms with E-state index in [1.807, 2.05) is 6.92 Å². The number of pyridine rings is 1. The Bertz CT molecular complexity index is 1140. The van der Waals surface area contributed by atoms with E-state index in [2.05, 4.69) is 10.3 Å². The molecule has 0 fully saturated rings. The Hall–Kier alpha value is -2.55. The zero-order chi connectivity index (χ0) is 23.6. The van der Waals surface area contributed by atoms with Crippen LogP contribution in [-0.2, 0) is 6.18 Å². The van der Waals surface area contributed by atoms with Crippen molar-refractivity contribution in [2.24, 2.45) is 0 Å². The number of hydrogen-bond acceptors (Lipinski definition) is 4. The molecule has 10 heteroatoms. The monoisotopic (exact) mass is 486 g/mol. The number of hydrogen-bond donors (Lipinski definition) is 2. The average molecular weight is 487 g/mol. The molecule has 0 saturated carbocycles. The van der Waals surface area contributed by atoms with Gasteiger partial charge in [-0.25, -0.2) is 4.98 Å². The predicted molar refractivity (Wildman–Crippen MR) is 117 cm³/mol. The van der Waals surface area contributed by atoms with E-state index in [0.29, 0.717) is 28.6 Å². The molecule has 1 aromatic heterocycles. The first-order valence-corrected chi connectivity index (χ1v) is 10.3. The Morgan fingerprint density at radius 1 is 1.19 bits per heavy atom. The lowest BCUT2D eigenvalue weighted by molar-refractivity contribution is -0.137. The van der Waals surface area contributed by atoms with Crippen LogP contribution in [0.4, 0.5) is 13.2 Å². The first-order chi connectivity index (χ1) is 15.1. The van der Waals surface area contributed by atoms with E-state index < -0.39 is 23.7 Å². The van der Waals surface area contributed by atoms with Crippen molar-refractivity contribution < 1.29 is 27.8 Å². The van der Waals surface area contributed by atoms with Crippen molar-refractivity contribution in [3.8, 4) is 17.0 Å². The molecule has 5 nitrogen and oxygen atoms in total. The molecule has 0 aliphatic heterocycles. The second-order valence-corrected chi connectivity index (χ2v) is 7.83. The first kappa shape index (κ1) is 24.1. The highest BCUT2D eigenvalue weighted by Crippen LogP contribution is 2.41. The number of aromatic nitrogens is 1. The van der Waals surface area contributed by atoms with E-state index in [9.17, 15) is 23.1 Å². The lowest BCUT2D eigenvalue weighted by Crippen LogP contribution is -2.36. The second kappa shape index (κ2) is 9.52. The summed E-state index contributed by atoms with van der Waals surface area (Å²) in [5, 5.41) is 12.2. The van der Waals surface area contributed by atoms with Gasteiger partial charge in [0.2, 0.25) is 0 Å². The summed E-state index contributed by atoms with van der Waals surface area (Å²) in [6, 6.07) is 7.44. The molecule has 1 atom stereocenters. The number of carbonyl (C=O) groups excluding carboxylic acids is 1. The topological polar surface area (TPSA) is 71.5 Å². The lowest BCUT2D eigenvalue weighted by Gasteiger charge is -2.15. The van der Waals surface area contributed by atoms with Crippen molar-refractivity contribution in [3.05, 3.63) is 57.6 Å². The fourth-order valence-corrected chi connectivity index (χ4v) is 3.84. The Morgan fingerprint density at radius 2 is 1.84 bits per heavy atom. The smallest absolute Gasteiger partial charge is 0.416 e. The Balaban J connectivity index is 2.12. The first-order valence-electron chi connectivity index (χ1n) is 9.56. The van der Waals surface area contributed by atoms with Crippen molar-refractivity contribution in [1.29, 1.82) is 0 Å². The minimum absolute atomic E-state index is 0.114. The maximum Gasteiger partial charge on any atom is 0.416 e. The Morgan fingerprint density at radius 3 is 2.38 bits per heavy atom. The zero-order valence-electron chi connectivity index (χ0n) is 17.1. The molecule has 0 radical (unpaired) electrons. The van der Waals surface area contributed by atoms with Crippen molar-refractivity contribution >= 4 is 40.0 Å². The molecule has 1 amide bonds. The number of ether oxygens (including phenoxy) is 1. The molecule has 3 aromatic rings. The van der Waals surface area contributed by atoms with E-state index >= 15 is 0 Å². The van der Waals surface area contributed by atoms with Crippen LogP contribution < -0.4 is 10.1 Å². The third kappa shape index (κ3) is 4.92. The van der Waals surface area contributed by atoms with Crippen molar-refractivity contribution in [3.63, 3.8) is 0 Å². The van der Waals surface area contributed by atoms with Crippen LogP contribution in [0.25, 0.3) is 22.2 Å². The number of aliphatic hydroxyl groups excluding tert-OH is 1. The quantitative estimate of drug-likeness (QED) is 0.466. The number of aliphatic hydroxyl groups is 1. The number of rotatable bonds is 6. The lowest BCUT2D eigenvalue weighted by atomic mass is 10.0. The fourth-order valence-electron chi connectivity index (χ4n) is 3.16. The standard InChI is InChI=1S/C22H19Cl2F3N2O3/c1-3-13(10-30)28-21(31)11-4-5-14-17(6-11)29-18(9-19(14)32-2)20-15(23)7-12(8-16(20)24)22(25,26)27/h4-9,13,30H,3,10H2,1-2H3,(H,28,31).